The fraction of sp³-hybridized carbons (Fsp3) is 0.235. The number of hydrogen-bond acceptors (Lipinski definition) is 4. The quantitative estimate of drug-likeness (QED) is 0.927. The third-order valence-corrected chi connectivity index (χ3v) is 5.91. The molecule has 3 rings (SSSR count). The highest BCUT2D eigenvalue weighted by Crippen LogP contribution is 2.34. The number of benzene rings is 2. The number of nitrogens with zero attached hydrogens (tertiary/aromatic N) is 1. The van der Waals surface area contributed by atoms with Crippen molar-refractivity contribution in [3.05, 3.63) is 48.0 Å². The van der Waals surface area contributed by atoms with E-state index >= 15 is 0 Å². The van der Waals surface area contributed by atoms with E-state index in [9.17, 15) is 13.2 Å². The van der Waals surface area contributed by atoms with E-state index in [0.29, 0.717) is 22.7 Å². The Morgan fingerprint density at radius 1 is 1.17 bits per heavy atom. The molecule has 0 saturated carbocycles. The highest BCUT2D eigenvalue weighted by atomic mass is 32.2. The normalized spacial score (nSPS) is 14.6. The minimum atomic E-state index is -3.79. The van der Waals surface area contributed by atoms with Crippen molar-refractivity contribution in [2.45, 2.75) is 18.2 Å². The summed E-state index contributed by atoms with van der Waals surface area (Å²) in [5.74, 6) is 0.395. The van der Waals surface area contributed by atoms with E-state index in [1.54, 1.807) is 43.3 Å². The predicted octanol–water partition coefficient (Wildman–Crippen LogP) is 2.54. The van der Waals surface area contributed by atoms with Crippen LogP contribution in [0.5, 0.6) is 5.75 Å². The van der Waals surface area contributed by atoms with Crippen molar-refractivity contribution >= 4 is 27.3 Å². The van der Waals surface area contributed by atoms with Crippen LogP contribution in [0.15, 0.2) is 47.4 Å². The molecule has 1 aliphatic heterocycles. The van der Waals surface area contributed by atoms with Gasteiger partial charge in [-0.15, -0.1) is 0 Å². The molecule has 0 aliphatic carbocycles. The van der Waals surface area contributed by atoms with Crippen molar-refractivity contribution < 1.29 is 17.9 Å². The van der Waals surface area contributed by atoms with E-state index in [1.807, 2.05) is 0 Å². The Morgan fingerprint density at radius 3 is 2.62 bits per heavy atom. The van der Waals surface area contributed by atoms with Crippen LogP contribution in [-0.4, -0.2) is 28.0 Å². The molecule has 24 heavy (non-hydrogen) atoms. The number of aryl methyl sites for hydroxylation is 1. The molecule has 0 atom stereocenters. The van der Waals surface area contributed by atoms with Gasteiger partial charge in [0, 0.05) is 13.0 Å². The molecule has 1 amide bonds. The van der Waals surface area contributed by atoms with Crippen molar-refractivity contribution in [3.63, 3.8) is 0 Å². The molecule has 1 heterocycles. The topological polar surface area (TPSA) is 75.7 Å². The van der Waals surface area contributed by atoms with Crippen LogP contribution in [0.3, 0.4) is 0 Å². The SMILES string of the molecule is COc1ccc(S(=O)(=O)N2CCC(=O)Nc3ccccc32)c(C)c1. The van der Waals surface area contributed by atoms with Gasteiger partial charge in [-0.05, 0) is 42.8 Å². The third-order valence-electron chi connectivity index (χ3n) is 3.94. The van der Waals surface area contributed by atoms with Gasteiger partial charge in [0.2, 0.25) is 5.91 Å². The molecule has 0 spiro atoms. The van der Waals surface area contributed by atoms with Gasteiger partial charge >= 0.3 is 0 Å². The summed E-state index contributed by atoms with van der Waals surface area (Å²) < 4.78 is 32.8. The highest BCUT2D eigenvalue weighted by molar-refractivity contribution is 7.92. The average Bonchev–Trinajstić information content (AvgIpc) is 2.72. The number of carbonyl (C=O) groups excluding carboxylic acids is 1. The number of fused-ring (bicyclic) bond motifs is 1. The lowest BCUT2D eigenvalue weighted by molar-refractivity contribution is -0.115. The van der Waals surface area contributed by atoms with Crippen LogP contribution in [0, 0.1) is 6.92 Å². The minimum absolute atomic E-state index is 0.0939. The van der Waals surface area contributed by atoms with Gasteiger partial charge in [-0.1, -0.05) is 12.1 Å². The third kappa shape index (κ3) is 2.82. The summed E-state index contributed by atoms with van der Waals surface area (Å²) in [6, 6.07) is 11.7. The number of ether oxygens (including phenoxy) is 1. The van der Waals surface area contributed by atoms with Crippen LogP contribution in [0.2, 0.25) is 0 Å². The lowest BCUT2D eigenvalue weighted by atomic mass is 10.2. The summed E-state index contributed by atoms with van der Waals surface area (Å²) in [5.41, 5.74) is 1.56. The molecule has 2 aromatic rings. The molecule has 0 aromatic heterocycles. The van der Waals surface area contributed by atoms with Gasteiger partial charge < -0.3 is 10.1 Å². The molecule has 6 nitrogen and oxygen atoms in total. The molecule has 0 unspecified atom stereocenters. The van der Waals surface area contributed by atoms with Gasteiger partial charge in [0.15, 0.2) is 0 Å². The smallest absolute Gasteiger partial charge is 0.264 e. The molecule has 1 aliphatic rings. The largest absolute Gasteiger partial charge is 0.497 e. The van der Waals surface area contributed by atoms with Crippen molar-refractivity contribution in [2.75, 3.05) is 23.3 Å². The maximum absolute atomic E-state index is 13.2. The van der Waals surface area contributed by atoms with E-state index in [1.165, 1.54) is 17.5 Å². The summed E-state index contributed by atoms with van der Waals surface area (Å²) in [7, 11) is -2.26. The second kappa shape index (κ2) is 6.16. The second-order valence-corrected chi connectivity index (χ2v) is 7.35. The van der Waals surface area contributed by atoms with Gasteiger partial charge in [-0.3, -0.25) is 9.10 Å². The first-order chi connectivity index (χ1) is 11.4. The number of nitrogens with one attached hydrogen (secondary N) is 1. The van der Waals surface area contributed by atoms with Crippen molar-refractivity contribution in [1.29, 1.82) is 0 Å². The minimum Gasteiger partial charge on any atom is -0.497 e. The first kappa shape index (κ1) is 16.3. The van der Waals surface area contributed by atoms with E-state index in [2.05, 4.69) is 5.32 Å². The van der Waals surface area contributed by atoms with Gasteiger partial charge in [0.05, 0.1) is 23.4 Å². The Morgan fingerprint density at radius 2 is 1.92 bits per heavy atom. The van der Waals surface area contributed by atoms with Crippen LogP contribution in [-0.2, 0) is 14.8 Å². The number of amides is 1. The first-order valence-electron chi connectivity index (χ1n) is 7.50. The molecule has 2 aromatic carbocycles. The average molecular weight is 346 g/mol. The maximum Gasteiger partial charge on any atom is 0.264 e. The second-order valence-electron chi connectivity index (χ2n) is 5.52. The number of para-hydroxylation sites is 2. The molecule has 126 valence electrons. The summed E-state index contributed by atoms with van der Waals surface area (Å²) >= 11 is 0. The van der Waals surface area contributed by atoms with Crippen molar-refractivity contribution in [2.24, 2.45) is 0 Å². The van der Waals surface area contributed by atoms with Crippen LogP contribution in [0.1, 0.15) is 12.0 Å². The predicted molar refractivity (Wildman–Crippen MR) is 92.0 cm³/mol. The number of rotatable bonds is 3. The summed E-state index contributed by atoms with van der Waals surface area (Å²) in [6.45, 7) is 1.82. The lowest BCUT2D eigenvalue weighted by Gasteiger charge is -2.24. The van der Waals surface area contributed by atoms with Crippen molar-refractivity contribution in [3.8, 4) is 5.75 Å². The Balaban J connectivity index is 2.11. The number of carbonyl (C=O) groups is 1. The molecule has 7 heteroatoms. The molecule has 1 N–H and O–H groups in total. The van der Waals surface area contributed by atoms with Gasteiger partial charge in [0.1, 0.15) is 5.75 Å². The molecular weight excluding hydrogens is 328 g/mol. The number of hydrogen-bond donors (Lipinski definition) is 1. The Labute approximate surface area is 141 Å². The van der Waals surface area contributed by atoms with Crippen LogP contribution in [0.25, 0.3) is 0 Å². The standard InChI is InChI=1S/C17H18N2O4S/c1-12-11-13(23-2)7-8-16(12)24(21,22)19-10-9-17(20)18-14-5-3-4-6-15(14)19/h3-8,11H,9-10H2,1-2H3,(H,18,20). The monoisotopic (exact) mass is 346 g/mol. The van der Waals surface area contributed by atoms with Crippen LogP contribution >= 0.6 is 0 Å². The van der Waals surface area contributed by atoms with E-state index in [0.717, 1.165) is 0 Å². The Kier molecular flexibility index (Phi) is 4.19. The fourth-order valence-corrected chi connectivity index (χ4v) is 4.43. The van der Waals surface area contributed by atoms with E-state index < -0.39 is 10.0 Å². The van der Waals surface area contributed by atoms with E-state index in [4.69, 9.17) is 4.74 Å². The summed E-state index contributed by atoms with van der Waals surface area (Å²) in [5, 5.41) is 2.74. The molecule has 0 fully saturated rings. The molecule has 0 saturated heterocycles. The molecule has 0 radical (unpaired) electrons. The van der Waals surface area contributed by atoms with Crippen molar-refractivity contribution in [1.82, 2.24) is 0 Å². The highest BCUT2D eigenvalue weighted by Gasteiger charge is 2.30. The van der Waals surface area contributed by atoms with Crippen LogP contribution < -0.4 is 14.4 Å². The Hall–Kier alpha value is -2.54. The van der Waals surface area contributed by atoms with E-state index in [-0.39, 0.29) is 23.8 Å². The first-order valence-corrected chi connectivity index (χ1v) is 8.94. The number of methoxy groups -OCH3 is 1. The van der Waals surface area contributed by atoms with Gasteiger partial charge in [-0.25, -0.2) is 8.42 Å². The summed E-state index contributed by atoms with van der Waals surface area (Å²) in [6.07, 6.45) is 0.100. The van der Waals surface area contributed by atoms with Gasteiger partial charge in [0.25, 0.3) is 10.0 Å². The Bertz CT molecular complexity index is 893. The summed E-state index contributed by atoms with van der Waals surface area (Å²) in [4.78, 5) is 12.1. The zero-order valence-corrected chi connectivity index (χ0v) is 14.3. The maximum atomic E-state index is 13.2. The molecule has 0 bridgehead atoms. The van der Waals surface area contributed by atoms with Crippen LogP contribution in [0.4, 0.5) is 11.4 Å². The number of anilines is 2. The zero-order valence-electron chi connectivity index (χ0n) is 13.4. The van der Waals surface area contributed by atoms with Gasteiger partial charge in [-0.2, -0.15) is 0 Å². The number of sulfonamides is 1. The fourth-order valence-electron chi connectivity index (χ4n) is 2.74. The molecular formula is C17H18N2O4S. The zero-order chi connectivity index (χ0) is 17.3. The lowest BCUT2D eigenvalue weighted by Crippen LogP contribution is -2.32.